The number of Topliss-reactive ketones (excluding diaryl/α,β-unsaturated/α-hetero) is 1. The summed E-state index contributed by atoms with van der Waals surface area (Å²) in [5.41, 5.74) is 5.21. The molecule has 0 aromatic carbocycles. The lowest BCUT2D eigenvalue weighted by molar-refractivity contribution is -0.144. The zero-order valence-corrected chi connectivity index (χ0v) is 27.6. The molecule has 0 radical (unpaired) electrons. The number of rotatable bonds is 13. The van der Waals surface area contributed by atoms with Gasteiger partial charge in [0.25, 0.3) is 5.91 Å². The summed E-state index contributed by atoms with van der Waals surface area (Å²) in [6.45, 7) is 9.90. The molecule has 6 N–H and O–H groups in total. The number of oxime groups is 1. The second-order valence-corrected chi connectivity index (χ2v) is 15.2. The van der Waals surface area contributed by atoms with Crippen LogP contribution in [0.4, 0.5) is 4.79 Å². The number of nitrogens with two attached hydrogens (primary N) is 1. The Balaban J connectivity index is 1.53. The summed E-state index contributed by atoms with van der Waals surface area (Å²) in [6.07, 6.45) is 9.75. The minimum absolute atomic E-state index is 0.0616. The van der Waals surface area contributed by atoms with Crippen LogP contribution >= 0.6 is 0 Å². The molecule has 1 heterocycles. The van der Waals surface area contributed by atoms with Gasteiger partial charge in [-0.15, -0.1) is 0 Å². The molecule has 5 amide bonds. The second kappa shape index (κ2) is 14.5. The lowest BCUT2D eigenvalue weighted by Crippen LogP contribution is -2.62. The lowest BCUT2D eigenvalue weighted by Gasteiger charge is -2.38. The zero-order chi connectivity index (χ0) is 33.1. The van der Waals surface area contributed by atoms with Gasteiger partial charge in [0.05, 0.1) is 17.8 Å². The number of carbonyl (C=O) groups is 5. The van der Waals surface area contributed by atoms with E-state index in [1.807, 2.05) is 34.6 Å². The minimum atomic E-state index is -1.09. The first kappa shape index (κ1) is 34.7. The van der Waals surface area contributed by atoms with E-state index in [9.17, 15) is 29.2 Å². The largest absolute Gasteiger partial charge is 0.411 e. The minimum Gasteiger partial charge on any atom is -0.411 e. The number of hydrogen-bond acceptors (Lipinski definition) is 7. The predicted molar refractivity (Wildman–Crippen MR) is 169 cm³/mol. The third kappa shape index (κ3) is 8.76. The number of amides is 5. The maximum absolute atomic E-state index is 14.3. The number of hydrogen-bond donors (Lipinski definition) is 5. The first-order chi connectivity index (χ1) is 21.2. The van der Waals surface area contributed by atoms with E-state index < -0.39 is 53.2 Å². The van der Waals surface area contributed by atoms with Gasteiger partial charge in [-0.25, -0.2) is 4.79 Å². The highest BCUT2D eigenvalue weighted by Gasteiger charge is 2.48. The predicted octanol–water partition coefficient (Wildman–Crippen LogP) is 3.10. The molecule has 4 aliphatic rings. The molecule has 4 rings (SSSR count). The van der Waals surface area contributed by atoms with Gasteiger partial charge in [-0.3, -0.25) is 19.2 Å². The summed E-state index contributed by atoms with van der Waals surface area (Å²) in [4.78, 5) is 67.7. The number of urea groups is 1. The highest BCUT2D eigenvalue weighted by Crippen LogP contribution is 2.37. The summed E-state index contributed by atoms with van der Waals surface area (Å²) in [5, 5.41) is 22.3. The molecule has 1 saturated heterocycles. The maximum Gasteiger partial charge on any atom is 0.315 e. The van der Waals surface area contributed by atoms with E-state index in [2.05, 4.69) is 21.1 Å². The first-order valence-corrected chi connectivity index (χ1v) is 17.0. The molecule has 45 heavy (non-hydrogen) atoms. The number of likely N-dealkylation sites (tertiary alicyclic amines) is 1. The van der Waals surface area contributed by atoms with E-state index in [-0.39, 0.29) is 35.5 Å². The van der Waals surface area contributed by atoms with Crippen LogP contribution in [0.2, 0.25) is 0 Å². The average molecular weight is 631 g/mol. The van der Waals surface area contributed by atoms with Crippen molar-refractivity contribution in [2.24, 2.45) is 45.9 Å². The molecule has 0 aromatic heterocycles. The van der Waals surface area contributed by atoms with Gasteiger partial charge in [-0.1, -0.05) is 71.9 Å². The van der Waals surface area contributed by atoms with Crippen LogP contribution < -0.4 is 21.7 Å². The van der Waals surface area contributed by atoms with Gasteiger partial charge in [0.1, 0.15) is 12.1 Å². The van der Waals surface area contributed by atoms with Crippen LogP contribution in [-0.4, -0.2) is 76.1 Å². The quantitative estimate of drug-likeness (QED) is 0.0901. The Morgan fingerprint density at radius 1 is 0.911 bits per heavy atom. The van der Waals surface area contributed by atoms with Gasteiger partial charge in [-0.2, -0.15) is 0 Å². The molecule has 12 nitrogen and oxygen atoms in total. The molecule has 1 aliphatic heterocycles. The summed E-state index contributed by atoms with van der Waals surface area (Å²) < 4.78 is 0. The van der Waals surface area contributed by atoms with Crippen molar-refractivity contribution in [1.29, 1.82) is 0 Å². The third-order valence-electron chi connectivity index (χ3n) is 10.2. The fraction of sp³-hybridized carbons (Fsp3) is 0.818. The van der Waals surface area contributed by atoms with Crippen molar-refractivity contribution in [3.63, 3.8) is 0 Å². The molecule has 12 heteroatoms. The molecule has 252 valence electrons. The fourth-order valence-electron chi connectivity index (χ4n) is 7.25. The molecule has 3 saturated carbocycles. The van der Waals surface area contributed by atoms with Crippen LogP contribution in [0.1, 0.15) is 105 Å². The maximum atomic E-state index is 14.3. The van der Waals surface area contributed by atoms with Crippen molar-refractivity contribution in [3.8, 4) is 0 Å². The topological polar surface area (TPSA) is 183 Å². The van der Waals surface area contributed by atoms with Crippen LogP contribution in [0.3, 0.4) is 0 Å². The Labute approximate surface area is 267 Å². The number of nitrogens with zero attached hydrogens (tertiary/aromatic N) is 2. The SMILES string of the molecule is CC(C)[C@H]1CCN(C(=O)[C@@H](NC(=O)N[C@H](/C(=N/O)C2CC2)C2CCCCC2)C(C)(C)C)[C@@H]1C(=O)NC(CC1CC1)C(=O)C(N)=O. The lowest BCUT2D eigenvalue weighted by atomic mass is 9.81. The summed E-state index contributed by atoms with van der Waals surface area (Å²) in [7, 11) is 0. The normalized spacial score (nSPS) is 24.9. The standard InChI is InChI=1S/C33H54N6O6/c1-18(2)22-15-16-39(26(22)30(42)35-23(17-19-11-12-19)27(40)29(34)41)31(43)28(33(3,4)5)37-32(44)36-24(20-9-7-6-8-10-20)25(38-45)21-13-14-21/h18-24,26,28,45H,6-17H2,1-5H3,(H2,34,41)(H,35,42)(H2,36,37,44)/b38-25+/t22-,23?,24+,26+,28-/m1/s1. The Morgan fingerprint density at radius 3 is 2.07 bits per heavy atom. The highest BCUT2D eigenvalue weighted by atomic mass is 16.4. The number of nitrogens with one attached hydrogen (secondary N) is 3. The Bertz CT molecular complexity index is 1150. The summed E-state index contributed by atoms with van der Waals surface area (Å²) in [6, 6.07) is -3.79. The summed E-state index contributed by atoms with van der Waals surface area (Å²) >= 11 is 0. The third-order valence-corrected chi connectivity index (χ3v) is 10.2. The Hall–Kier alpha value is -3.18. The van der Waals surface area contributed by atoms with Crippen molar-refractivity contribution in [3.05, 3.63) is 0 Å². The molecule has 5 atom stereocenters. The van der Waals surface area contributed by atoms with Crippen molar-refractivity contribution in [2.75, 3.05) is 6.54 Å². The van der Waals surface area contributed by atoms with Crippen LogP contribution in [0, 0.1) is 35.0 Å². The molecule has 0 bridgehead atoms. The van der Waals surface area contributed by atoms with Gasteiger partial charge in [-0.05, 0) is 67.6 Å². The van der Waals surface area contributed by atoms with Crippen LogP contribution in [0.5, 0.6) is 0 Å². The van der Waals surface area contributed by atoms with Crippen LogP contribution in [0.15, 0.2) is 5.16 Å². The first-order valence-electron chi connectivity index (χ1n) is 17.0. The smallest absolute Gasteiger partial charge is 0.315 e. The highest BCUT2D eigenvalue weighted by molar-refractivity contribution is 6.37. The summed E-state index contributed by atoms with van der Waals surface area (Å²) in [5.74, 6) is -2.33. The van der Waals surface area contributed by atoms with Gasteiger partial charge in [0, 0.05) is 12.5 Å². The van der Waals surface area contributed by atoms with Crippen molar-refractivity contribution in [1.82, 2.24) is 20.9 Å². The monoisotopic (exact) mass is 630 g/mol. The second-order valence-electron chi connectivity index (χ2n) is 15.2. The van der Waals surface area contributed by atoms with Crippen LogP contribution in [0.25, 0.3) is 0 Å². The molecular formula is C33H54N6O6. The van der Waals surface area contributed by atoms with Gasteiger partial charge >= 0.3 is 6.03 Å². The fourth-order valence-corrected chi connectivity index (χ4v) is 7.25. The number of ketones is 1. The van der Waals surface area contributed by atoms with E-state index >= 15 is 0 Å². The molecule has 4 fully saturated rings. The van der Waals surface area contributed by atoms with Gasteiger partial charge in [0.2, 0.25) is 17.6 Å². The van der Waals surface area contributed by atoms with E-state index in [1.54, 1.807) is 0 Å². The zero-order valence-electron chi connectivity index (χ0n) is 27.6. The molecule has 0 aromatic rings. The Kier molecular flexibility index (Phi) is 11.2. The van der Waals surface area contributed by atoms with Gasteiger partial charge in [0.15, 0.2) is 0 Å². The van der Waals surface area contributed by atoms with E-state index in [0.717, 1.165) is 57.8 Å². The van der Waals surface area contributed by atoms with Crippen molar-refractivity contribution in [2.45, 2.75) is 129 Å². The van der Waals surface area contributed by atoms with E-state index in [0.29, 0.717) is 25.1 Å². The van der Waals surface area contributed by atoms with Gasteiger partial charge < -0.3 is 31.8 Å². The van der Waals surface area contributed by atoms with Crippen molar-refractivity contribution < 1.29 is 29.2 Å². The van der Waals surface area contributed by atoms with E-state index in [1.165, 1.54) is 4.90 Å². The van der Waals surface area contributed by atoms with E-state index in [4.69, 9.17) is 5.73 Å². The van der Waals surface area contributed by atoms with Crippen LogP contribution in [-0.2, 0) is 19.2 Å². The molecular weight excluding hydrogens is 576 g/mol. The number of primary amides is 1. The Morgan fingerprint density at radius 2 is 1.56 bits per heavy atom. The molecule has 3 aliphatic carbocycles. The molecule has 0 spiro atoms. The molecule has 1 unspecified atom stereocenters. The average Bonchev–Trinajstić information content (AvgIpc) is 3.93. The number of carbonyl (C=O) groups excluding carboxylic acids is 5. The van der Waals surface area contributed by atoms with Crippen molar-refractivity contribution >= 4 is 35.2 Å².